The minimum Gasteiger partial charge on any atom is -0.391 e. The fraction of sp³-hybridized carbons (Fsp3) is 0.667. The number of hydrogen-bond donors (Lipinski definition) is 2. The van der Waals surface area contributed by atoms with Gasteiger partial charge in [-0.1, -0.05) is 0 Å². The van der Waals surface area contributed by atoms with Gasteiger partial charge in [0.1, 0.15) is 0 Å². The Labute approximate surface area is 68.4 Å². The minimum atomic E-state index is -2.17. The first-order valence-electron chi connectivity index (χ1n) is 3.18. The smallest absolute Gasteiger partial charge is 0.227 e. The molecule has 0 spiro atoms. The maximum Gasteiger partial charge on any atom is 0.227 e. The molecule has 2 unspecified atom stereocenters. The first-order chi connectivity index (χ1) is 5.54. The van der Waals surface area contributed by atoms with Gasteiger partial charge in [0.15, 0.2) is 12.6 Å². The zero-order valence-electron chi connectivity index (χ0n) is 6.28. The Morgan fingerprint density at radius 1 is 1.33 bits per heavy atom. The first-order valence-corrected chi connectivity index (χ1v) is 3.18. The maximum atomic E-state index is 12.5. The number of aliphatic hydroxyl groups is 2. The number of carbonyl (C=O) groups is 1. The monoisotopic (exact) mass is 182 g/mol. The predicted molar refractivity (Wildman–Crippen MR) is 36.2 cm³/mol. The van der Waals surface area contributed by atoms with Crippen molar-refractivity contribution in [3.8, 4) is 0 Å². The summed E-state index contributed by atoms with van der Waals surface area (Å²) in [6, 6.07) is 0. The third-order valence-corrected chi connectivity index (χ3v) is 1.19. The second-order valence-electron chi connectivity index (χ2n) is 2.04. The van der Waals surface area contributed by atoms with Crippen LogP contribution in [0.2, 0.25) is 0 Å². The van der Waals surface area contributed by atoms with Crippen LogP contribution in [0.4, 0.5) is 8.78 Å². The Morgan fingerprint density at radius 2 is 1.67 bits per heavy atom. The third-order valence-electron chi connectivity index (χ3n) is 1.19. The summed E-state index contributed by atoms with van der Waals surface area (Å²) in [5.41, 5.74) is 0. The second-order valence-corrected chi connectivity index (χ2v) is 2.04. The molecule has 0 aliphatic rings. The molecule has 1 radical (unpaired) electrons. The summed E-state index contributed by atoms with van der Waals surface area (Å²) < 4.78 is 25.1. The van der Waals surface area contributed by atoms with Gasteiger partial charge >= 0.3 is 0 Å². The Bertz CT molecular complexity index is 146. The van der Waals surface area contributed by atoms with E-state index < -0.39 is 31.7 Å². The molecule has 12 heavy (non-hydrogen) atoms. The highest BCUT2D eigenvalue weighted by Crippen LogP contribution is 2.08. The molecule has 2 N–H and O–H groups in total. The predicted octanol–water partition coefficient (Wildman–Crippen LogP) is -0.775. The molecule has 0 saturated heterocycles. The number of halogens is 2. The van der Waals surface area contributed by atoms with Crippen LogP contribution in [-0.4, -0.2) is 46.8 Å². The van der Waals surface area contributed by atoms with Crippen LogP contribution in [0.5, 0.6) is 0 Å². The molecular weight excluding hydrogens is 172 g/mol. The van der Waals surface area contributed by atoms with Gasteiger partial charge in [0.25, 0.3) is 0 Å². The second kappa shape index (κ2) is 5.00. The van der Waals surface area contributed by atoms with Crippen molar-refractivity contribution in [2.45, 2.75) is 12.6 Å². The van der Waals surface area contributed by atoms with E-state index in [0.29, 0.717) is 0 Å². The van der Waals surface area contributed by atoms with Gasteiger partial charge in [-0.05, 0) is 0 Å². The number of alkyl halides is 2. The lowest BCUT2D eigenvalue weighted by molar-refractivity contribution is -0.146. The summed E-state index contributed by atoms with van der Waals surface area (Å²) >= 11 is 0. The molecule has 0 bridgehead atoms. The molecule has 0 aromatic rings. The lowest BCUT2D eigenvalue weighted by atomic mass is 10.4. The van der Waals surface area contributed by atoms with E-state index in [1.165, 1.54) is 0 Å². The van der Waals surface area contributed by atoms with Crippen molar-refractivity contribution in [2.24, 2.45) is 0 Å². The maximum absolute atomic E-state index is 12.5. The summed E-state index contributed by atoms with van der Waals surface area (Å²) in [5, 5.41) is 16.5. The van der Waals surface area contributed by atoms with Crippen LogP contribution in [0.25, 0.3) is 0 Å². The highest BCUT2D eigenvalue weighted by atomic mass is 19.2. The van der Waals surface area contributed by atoms with Crippen LogP contribution in [0.3, 0.4) is 0 Å². The Hall–Kier alpha value is -0.750. The van der Waals surface area contributed by atoms with Crippen LogP contribution in [-0.2, 0) is 4.79 Å². The van der Waals surface area contributed by atoms with E-state index in [4.69, 9.17) is 10.2 Å². The van der Waals surface area contributed by atoms with Gasteiger partial charge in [-0.2, -0.15) is 0 Å². The van der Waals surface area contributed by atoms with Gasteiger partial charge < -0.3 is 10.2 Å². The van der Waals surface area contributed by atoms with E-state index in [1.54, 1.807) is 0 Å². The minimum absolute atomic E-state index is 0.0278. The molecule has 0 aromatic carbocycles. The van der Waals surface area contributed by atoms with E-state index in [1.807, 2.05) is 0 Å². The van der Waals surface area contributed by atoms with E-state index in [0.717, 1.165) is 0 Å². The van der Waals surface area contributed by atoms with Crippen LogP contribution >= 0.6 is 0 Å². The van der Waals surface area contributed by atoms with Crippen molar-refractivity contribution >= 4 is 5.91 Å². The van der Waals surface area contributed by atoms with E-state index in [9.17, 15) is 13.6 Å². The van der Waals surface area contributed by atoms with Crippen LogP contribution in [0, 0.1) is 6.92 Å². The Kier molecular flexibility index (Phi) is 4.68. The Balaban J connectivity index is 4.32. The number of carbonyl (C=O) groups excluding carboxylic acids is 1. The molecule has 71 valence electrons. The van der Waals surface area contributed by atoms with Crippen LogP contribution in [0.1, 0.15) is 0 Å². The molecule has 0 aromatic heterocycles. The fourth-order valence-corrected chi connectivity index (χ4v) is 0.664. The molecule has 1 amide bonds. The SMILES string of the molecule is [CH2]C(=O)N(C(F)CO)C(F)CO. The molecule has 4 nitrogen and oxygen atoms in total. The zero-order chi connectivity index (χ0) is 9.72. The molecule has 0 heterocycles. The van der Waals surface area contributed by atoms with E-state index in [-0.39, 0.29) is 4.90 Å². The number of aliphatic hydroxyl groups excluding tert-OH is 2. The molecule has 0 aliphatic carbocycles. The quantitative estimate of drug-likeness (QED) is 0.561. The number of amides is 1. The summed E-state index contributed by atoms with van der Waals surface area (Å²) in [6.07, 6.45) is -4.34. The van der Waals surface area contributed by atoms with Crippen molar-refractivity contribution in [1.29, 1.82) is 0 Å². The van der Waals surface area contributed by atoms with Gasteiger partial charge in [0.05, 0.1) is 13.2 Å². The summed E-state index contributed by atoms with van der Waals surface area (Å²) in [6.45, 7) is 0.709. The van der Waals surface area contributed by atoms with E-state index >= 15 is 0 Å². The number of hydrogen-bond acceptors (Lipinski definition) is 3. The molecule has 2 atom stereocenters. The lowest BCUT2D eigenvalue weighted by Gasteiger charge is -2.25. The van der Waals surface area contributed by atoms with Gasteiger partial charge in [-0.3, -0.25) is 9.69 Å². The van der Waals surface area contributed by atoms with Gasteiger partial charge in [-0.25, -0.2) is 8.78 Å². The molecule has 6 heteroatoms. The standard InChI is InChI=1S/C6H10F2NO3/c1-4(12)9(5(7)2-10)6(8)3-11/h5-6,10-11H,1-3H2. The van der Waals surface area contributed by atoms with Crippen LogP contribution in [0.15, 0.2) is 0 Å². The number of rotatable bonds is 4. The van der Waals surface area contributed by atoms with Crippen molar-refractivity contribution in [3.05, 3.63) is 6.92 Å². The molecule has 0 fully saturated rings. The summed E-state index contributed by atoms with van der Waals surface area (Å²) in [5.74, 6) is -1.13. The molecular formula is C6H10F2NO3. The molecule has 0 rings (SSSR count). The highest BCUT2D eigenvalue weighted by Gasteiger charge is 2.27. The van der Waals surface area contributed by atoms with E-state index in [2.05, 4.69) is 6.92 Å². The first kappa shape index (κ1) is 11.2. The topological polar surface area (TPSA) is 60.8 Å². The molecule has 0 aliphatic heterocycles. The van der Waals surface area contributed by atoms with Crippen LogP contribution < -0.4 is 0 Å². The fourth-order valence-electron chi connectivity index (χ4n) is 0.664. The zero-order valence-corrected chi connectivity index (χ0v) is 6.28. The molecule has 0 saturated carbocycles. The number of nitrogens with zero attached hydrogens (tertiary/aromatic N) is 1. The average molecular weight is 182 g/mol. The van der Waals surface area contributed by atoms with Crippen molar-refractivity contribution in [1.82, 2.24) is 4.90 Å². The summed E-state index contributed by atoms with van der Waals surface area (Å²) in [7, 11) is 0. The normalized spacial score (nSPS) is 15.4. The van der Waals surface area contributed by atoms with Gasteiger partial charge in [-0.15, -0.1) is 0 Å². The van der Waals surface area contributed by atoms with Crippen molar-refractivity contribution < 1.29 is 23.8 Å². The largest absolute Gasteiger partial charge is 0.391 e. The van der Waals surface area contributed by atoms with Crippen molar-refractivity contribution in [3.63, 3.8) is 0 Å². The highest BCUT2D eigenvalue weighted by molar-refractivity contribution is 5.80. The lowest BCUT2D eigenvalue weighted by Crippen LogP contribution is -2.45. The third kappa shape index (κ3) is 2.71. The summed E-state index contributed by atoms with van der Waals surface area (Å²) in [4.78, 5) is 10.5. The van der Waals surface area contributed by atoms with Gasteiger partial charge in [0, 0.05) is 6.92 Å². The average Bonchev–Trinajstić information content (AvgIpc) is 2.03. The van der Waals surface area contributed by atoms with Crippen molar-refractivity contribution in [2.75, 3.05) is 13.2 Å². The Morgan fingerprint density at radius 3 is 1.83 bits per heavy atom. The van der Waals surface area contributed by atoms with Gasteiger partial charge in [0.2, 0.25) is 5.91 Å².